The van der Waals surface area contributed by atoms with E-state index in [1.807, 2.05) is 0 Å². The van der Waals surface area contributed by atoms with Crippen molar-refractivity contribution in [3.63, 3.8) is 0 Å². The van der Waals surface area contributed by atoms with Crippen molar-refractivity contribution >= 4 is 28.6 Å². The van der Waals surface area contributed by atoms with Crippen LogP contribution in [-0.2, 0) is 11.2 Å². The van der Waals surface area contributed by atoms with Gasteiger partial charge in [0.05, 0.1) is 13.5 Å². The molecule has 1 N–H and O–H groups in total. The number of halogens is 3. The van der Waals surface area contributed by atoms with Gasteiger partial charge in [0.25, 0.3) is 6.43 Å². The lowest BCUT2D eigenvalue weighted by Crippen LogP contribution is -2.07. The molecule has 0 fully saturated rings. The van der Waals surface area contributed by atoms with Crippen LogP contribution in [0.1, 0.15) is 17.7 Å². The quantitative estimate of drug-likeness (QED) is 0.673. The summed E-state index contributed by atoms with van der Waals surface area (Å²) in [5, 5.41) is 8.61. The number of ether oxygens (including phenoxy) is 1. The van der Waals surface area contributed by atoms with E-state index in [0.29, 0.717) is 5.56 Å². The molecule has 0 bridgehead atoms. The van der Waals surface area contributed by atoms with Crippen LogP contribution in [0.4, 0.5) is 8.78 Å². The second-order valence-electron chi connectivity index (χ2n) is 2.90. The average molecular weight is 343 g/mol. The number of methoxy groups -OCH3 is 1. The Labute approximate surface area is 104 Å². The molecule has 0 aliphatic carbocycles. The number of alkyl halides is 2. The van der Waals surface area contributed by atoms with Crippen LogP contribution >= 0.6 is 22.6 Å². The standard InChI is InChI=1S/C9H8F2INO3/c1-16-5-2-4(3-6(14)15)9(12)13-7(5)8(10)11/h2,8H,3H2,1H3,(H,14,15). The van der Waals surface area contributed by atoms with Crippen LogP contribution in [0.15, 0.2) is 6.07 Å². The van der Waals surface area contributed by atoms with Crippen LogP contribution in [0.3, 0.4) is 0 Å². The molecule has 0 saturated carbocycles. The predicted octanol–water partition coefficient (Wildman–Crippen LogP) is 2.26. The first-order chi connectivity index (χ1) is 7.45. The fraction of sp³-hybridized carbons (Fsp3) is 0.333. The predicted molar refractivity (Wildman–Crippen MR) is 59.8 cm³/mol. The molecule has 4 nitrogen and oxygen atoms in total. The molecule has 1 rings (SSSR count). The Morgan fingerprint density at radius 3 is 2.75 bits per heavy atom. The topological polar surface area (TPSA) is 59.4 Å². The number of hydrogen-bond acceptors (Lipinski definition) is 3. The molecule has 0 saturated heterocycles. The zero-order valence-electron chi connectivity index (χ0n) is 8.21. The van der Waals surface area contributed by atoms with E-state index < -0.39 is 18.1 Å². The highest BCUT2D eigenvalue weighted by atomic mass is 127. The third-order valence-corrected chi connectivity index (χ3v) is 2.74. The van der Waals surface area contributed by atoms with Crippen molar-refractivity contribution in [2.75, 3.05) is 7.11 Å². The smallest absolute Gasteiger partial charge is 0.307 e. The average Bonchev–Trinajstić information content (AvgIpc) is 2.19. The van der Waals surface area contributed by atoms with Crippen molar-refractivity contribution in [3.8, 4) is 5.75 Å². The third kappa shape index (κ3) is 3.00. The molecule has 0 aromatic carbocycles. The summed E-state index contributed by atoms with van der Waals surface area (Å²) >= 11 is 1.72. The molecule has 7 heteroatoms. The van der Waals surface area contributed by atoms with Gasteiger partial charge in [-0.1, -0.05) is 0 Å². The van der Waals surface area contributed by atoms with Gasteiger partial charge in [0, 0.05) is 0 Å². The highest BCUT2D eigenvalue weighted by Crippen LogP contribution is 2.29. The van der Waals surface area contributed by atoms with Crippen molar-refractivity contribution in [1.82, 2.24) is 4.98 Å². The van der Waals surface area contributed by atoms with Gasteiger partial charge in [-0.25, -0.2) is 13.8 Å². The molecule has 1 heterocycles. The maximum Gasteiger partial charge on any atom is 0.307 e. The van der Waals surface area contributed by atoms with Gasteiger partial charge >= 0.3 is 5.97 Å². The number of aromatic nitrogens is 1. The Bertz CT molecular complexity index is 412. The summed E-state index contributed by atoms with van der Waals surface area (Å²) in [5.74, 6) is -1.14. The van der Waals surface area contributed by atoms with Gasteiger partial charge in [-0.05, 0) is 34.2 Å². The van der Waals surface area contributed by atoms with Crippen molar-refractivity contribution < 1.29 is 23.4 Å². The van der Waals surface area contributed by atoms with Crippen molar-refractivity contribution in [2.45, 2.75) is 12.8 Å². The minimum Gasteiger partial charge on any atom is -0.495 e. The van der Waals surface area contributed by atoms with Crippen molar-refractivity contribution in [3.05, 3.63) is 21.0 Å². The third-order valence-electron chi connectivity index (χ3n) is 1.81. The Kier molecular flexibility index (Phi) is 4.39. The Hall–Kier alpha value is -0.990. The molecule has 0 aliphatic heterocycles. The number of hydrogen-bond donors (Lipinski definition) is 1. The summed E-state index contributed by atoms with van der Waals surface area (Å²) in [4.78, 5) is 14.2. The second-order valence-corrected chi connectivity index (χ2v) is 3.92. The zero-order chi connectivity index (χ0) is 12.3. The fourth-order valence-electron chi connectivity index (χ4n) is 1.13. The minimum atomic E-state index is -2.75. The summed E-state index contributed by atoms with van der Waals surface area (Å²) in [6.07, 6.45) is -3.02. The van der Waals surface area contributed by atoms with Gasteiger partial charge in [0.1, 0.15) is 15.1 Å². The van der Waals surface area contributed by atoms with E-state index >= 15 is 0 Å². The molecule has 1 aromatic heterocycles. The molecular formula is C9H8F2INO3. The van der Waals surface area contributed by atoms with E-state index in [2.05, 4.69) is 4.98 Å². The highest BCUT2D eigenvalue weighted by molar-refractivity contribution is 14.1. The molecule has 0 amide bonds. The number of rotatable bonds is 4. The normalized spacial score (nSPS) is 10.6. The van der Waals surface area contributed by atoms with E-state index in [-0.39, 0.29) is 15.9 Å². The van der Waals surface area contributed by atoms with Gasteiger partial charge in [0.15, 0.2) is 0 Å². The van der Waals surface area contributed by atoms with Crippen LogP contribution < -0.4 is 4.74 Å². The number of carboxylic acids is 1. The maximum absolute atomic E-state index is 12.5. The highest BCUT2D eigenvalue weighted by Gasteiger charge is 2.19. The number of carboxylic acid groups (broad SMARTS) is 1. The monoisotopic (exact) mass is 343 g/mol. The first-order valence-corrected chi connectivity index (χ1v) is 5.26. The molecule has 16 heavy (non-hydrogen) atoms. The first-order valence-electron chi connectivity index (χ1n) is 4.19. The number of pyridine rings is 1. The number of nitrogens with zero attached hydrogens (tertiary/aromatic N) is 1. The van der Waals surface area contributed by atoms with Crippen LogP contribution in [0, 0.1) is 3.70 Å². The molecular weight excluding hydrogens is 335 g/mol. The zero-order valence-corrected chi connectivity index (χ0v) is 10.4. The van der Waals surface area contributed by atoms with Gasteiger partial charge in [0.2, 0.25) is 0 Å². The second kappa shape index (κ2) is 5.37. The lowest BCUT2D eigenvalue weighted by molar-refractivity contribution is -0.136. The van der Waals surface area contributed by atoms with Crippen LogP contribution in [0.5, 0.6) is 5.75 Å². The Balaban J connectivity index is 3.20. The lowest BCUT2D eigenvalue weighted by Gasteiger charge is -2.10. The summed E-state index contributed by atoms with van der Waals surface area (Å²) in [5.41, 5.74) is -0.115. The summed E-state index contributed by atoms with van der Waals surface area (Å²) in [6.45, 7) is 0. The van der Waals surface area contributed by atoms with E-state index in [1.54, 1.807) is 22.6 Å². The largest absolute Gasteiger partial charge is 0.495 e. The number of aliphatic carboxylic acids is 1. The van der Waals surface area contributed by atoms with Gasteiger partial charge < -0.3 is 9.84 Å². The number of carbonyl (C=O) groups is 1. The summed E-state index contributed by atoms with van der Waals surface area (Å²) < 4.78 is 30.0. The van der Waals surface area contributed by atoms with Crippen LogP contribution in [0.2, 0.25) is 0 Å². The van der Waals surface area contributed by atoms with Gasteiger partial charge in [-0.2, -0.15) is 0 Å². The van der Waals surface area contributed by atoms with Crippen LogP contribution in [-0.4, -0.2) is 23.2 Å². The summed E-state index contributed by atoms with van der Waals surface area (Å²) in [7, 11) is 1.24. The Morgan fingerprint density at radius 1 is 1.69 bits per heavy atom. The SMILES string of the molecule is COc1cc(CC(=O)O)c(I)nc1C(F)F. The molecule has 0 unspecified atom stereocenters. The molecule has 0 radical (unpaired) electrons. The van der Waals surface area contributed by atoms with Crippen molar-refractivity contribution in [1.29, 1.82) is 0 Å². The molecule has 0 aliphatic rings. The van der Waals surface area contributed by atoms with E-state index in [1.165, 1.54) is 13.2 Å². The van der Waals surface area contributed by atoms with Gasteiger partial charge in [-0.3, -0.25) is 4.79 Å². The molecule has 1 aromatic rings. The van der Waals surface area contributed by atoms with E-state index in [4.69, 9.17) is 9.84 Å². The summed E-state index contributed by atoms with van der Waals surface area (Å²) in [6, 6.07) is 1.28. The molecule has 0 spiro atoms. The van der Waals surface area contributed by atoms with E-state index in [0.717, 1.165) is 0 Å². The van der Waals surface area contributed by atoms with E-state index in [9.17, 15) is 13.6 Å². The fourth-order valence-corrected chi connectivity index (χ4v) is 1.74. The minimum absolute atomic E-state index is 0.0910. The Morgan fingerprint density at radius 2 is 2.31 bits per heavy atom. The molecule has 88 valence electrons. The molecule has 0 atom stereocenters. The van der Waals surface area contributed by atoms with Crippen molar-refractivity contribution in [2.24, 2.45) is 0 Å². The first kappa shape index (κ1) is 13.1. The van der Waals surface area contributed by atoms with Gasteiger partial charge in [-0.15, -0.1) is 0 Å². The van der Waals surface area contributed by atoms with Crippen LogP contribution in [0.25, 0.3) is 0 Å². The maximum atomic E-state index is 12.5. The lowest BCUT2D eigenvalue weighted by atomic mass is 10.2.